The van der Waals surface area contributed by atoms with Crippen molar-refractivity contribution in [2.45, 2.75) is 48.8 Å². The molecule has 0 atom stereocenters. The number of aliphatic hydroxyl groups is 1. The van der Waals surface area contributed by atoms with Crippen LogP contribution in [0.1, 0.15) is 37.0 Å². The number of hydrogen-bond donors (Lipinski definition) is 3. The predicted molar refractivity (Wildman–Crippen MR) is 78.4 cm³/mol. The SMILES string of the molecule is N#Cc1cnc(NC(=O)NC23CC(CO)(C2)OC32CCC2)s1. The number of carbonyl (C=O) groups excluding carboxylic acids is 1. The molecule has 0 aromatic carbocycles. The second-order valence-electron chi connectivity index (χ2n) is 6.45. The number of carbonyl (C=O) groups is 1. The number of nitrogens with one attached hydrogen (secondary N) is 2. The van der Waals surface area contributed by atoms with Crippen LogP contribution in [0.25, 0.3) is 0 Å². The number of anilines is 1. The quantitative estimate of drug-likeness (QED) is 0.779. The zero-order valence-corrected chi connectivity index (χ0v) is 12.7. The zero-order chi connectivity index (χ0) is 15.4. The van der Waals surface area contributed by atoms with Gasteiger partial charge >= 0.3 is 6.03 Å². The van der Waals surface area contributed by atoms with Crippen molar-refractivity contribution in [3.63, 3.8) is 0 Å². The highest BCUT2D eigenvalue weighted by molar-refractivity contribution is 7.16. The maximum Gasteiger partial charge on any atom is 0.321 e. The van der Waals surface area contributed by atoms with Crippen LogP contribution in [-0.2, 0) is 4.74 Å². The van der Waals surface area contributed by atoms with Gasteiger partial charge < -0.3 is 15.2 Å². The molecule has 4 fully saturated rings. The summed E-state index contributed by atoms with van der Waals surface area (Å²) in [6, 6.07) is 1.66. The molecule has 2 aliphatic carbocycles. The molecule has 7 nitrogen and oxygen atoms in total. The molecule has 8 heteroatoms. The monoisotopic (exact) mass is 320 g/mol. The molecular formula is C14H16N4O3S. The molecule has 2 amide bonds. The van der Waals surface area contributed by atoms with Gasteiger partial charge in [-0.1, -0.05) is 11.3 Å². The van der Waals surface area contributed by atoms with E-state index in [4.69, 9.17) is 10.00 Å². The minimum Gasteiger partial charge on any atom is -0.393 e. The highest BCUT2D eigenvalue weighted by Crippen LogP contribution is 2.66. The standard InChI is InChI=1S/C14H16N4O3S/c15-4-9-5-16-11(22-9)17-10(20)18-13-6-12(7-13,8-19)21-14(13)2-1-3-14/h5,19H,1-3,6-8H2,(H2,16,17,18,20). The zero-order valence-electron chi connectivity index (χ0n) is 11.9. The van der Waals surface area contributed by atoms with Crippen LogP contribution in [0, 0.1) is 11.3 Å². The molecule has 1 aromatic rings. The molecule has 1 aromatic heterocycles. The van der Waals surface area contributed by atoms with Crippen molar-refractivity contribution < 1.29 is 14.6 Å². The van der Waals surface area contributed by atoms with Crippen LogP contribution < -0.4 is 10.6 Å². The molecule has 2 saturated heterocycles. The molecule has 0 radical (unpaired) electrons. The molecular weight excluding hydrogens is 304 g/mol. The fourth-order valence-electron chi connectivity index (χ4n) is 4.11. The number of rotatable bonds is 3. The summed E-state index contributed by atoms with van der Waals surface area (Å²) in [7, 11) is 0. The maximum atomic E-state index is 12.3. The fourth-order valence-corrected chi connectivity index (χ4v) is 4.72. The average Bonchev–Trinajstić information content (AvgIpc) is 3.05. The first-order chi connectivity index (χ1) is 10.5. The van der Waals surface area contributed by atoms with Crippen molar-refractivity contribution in [2.24, 2.45) is 0 Å². The average molecular weight is 320 g/mol. The summed E-state index contributed by atoms with van der Waals surface area (Å²) in [4.78, 5) is 16.7. The number of ether oxygens (including phenoxy) is 1. The number of hydrogen-bond acceptors (Lipinski definition) is 6. The Morgan fingerprint density at radius 2 is 2.32 bits per heavy atom. The number of urea groups is 1. The summed E-state index contributed by atoms with van der Waals surface area (Å²) in [6.07, 6.45) is 5.68. The lowest BCUT2D eigenvalue weighted by atomic mass is 9.56. The summed E-state index contributed by atoms with van der Waals surface area (Å²) in [5, 5.41) is 24.4. The van der Waals surface area contributed by atoms with Gasteiger partial charge in [-0.25, -0.2) is 9.78 Å². The summed E-state index contributed by atoms with van der Waals surface area (Å²) in [6.45, 7) is -0.00217. The highest BCUT2D eigenvalue weighted by Gasteiger charge is 2.76. The first-order valence-corrected chi connectivity index (χ1v) is 8.12. The van der Waals surface area contributed by atoms with Crippen LogP contribution in [0.3, 0.4) is 0 Å². The second kappa shape index (κ2) is 4.41. The Balaban J connectivity index is 1.47. The van der Waals surface area contributed by atoms with E-state index in [1.165, 1.54) is 6.20 Å². The molecule has 2 saturated carbocycles. The molecule has 1 spiro atoms. The van der Waals surface area contributed by atoms with E-state index in [-0.39, 0.29) is 23.8 Å². The van der Waals surface area contributed by atoms with E-state index in [2.05, 4.69) is 15.6 Å². The van der Waals surface area contributed by atoms with Gasteiger partial charge in [-0.3, -0.25) is 5.32 Å². The lowest BCUT2D eigenvalue weighted by molar-refractivity contribution is -0.125. The van der Waals surface area contributed by atoms with E-state index >= 15 is 0 Å². The van der Waals surface area contributed by atoms with Gasteiger partial charge in [-0.05, 0) is 19.3 Å². The number of nitrogens with zero attached hydrogens (tertiary/aromatic N) is 2. The molecule has 2 bridgehead atoms. The Morgan fingerprint density at radius 3 is 2.86 bits per heavy atom. The molecule has 5 rings (SSSR count). The number of aliphatic hydroxyl groups excluding tert-OH is 1. The van der Waals surface area contributed by atoms with Gasteiger partial charge in [-0.2, -0.15) is 5.26 Å². The summed E-state index contributed by atoms with van der Waals surface area (Å²) in [5.74, 6) is 0. The lowest BCUT2D eigenvalue weighted by Gasteiger charge is -2.51. The van der Waals surface area contributed by atoms with Crippen molar-refractivity contribution in [1.82, 2.24) is 10.3 Å². The summed E-state index contributed by atoms with van der Waals surface area (Å²) >= 11 is 1.14. The van der Waals surface area contributed by atoms with Gasteiger partial charge in [0.2, 0.25) is 0 Å². The van der Waals surface area contributed by atoms with E-state index in [9.17, 15) is 9.90 Å². The highest BCUT2D eigenvalue weighted by atomic mass is 32.1. The Morgan fingerprint density at radius 1 is 1.55 bits per heavy atom. The van der Waals surface area contributed by atoms with Crippen LogP contribution >= 0.6 is 11.3 Å². The van der Waals surface area contributed by atoms with Gasteiger partial charge in [0.15, 0.2) is 5.13 Å². The summed E-state index contributed by atoms with van der Waals surface area (Å²) < 4.78 is 6.12. The molecule has 116 valence electrons. The van der Waals surface area contributed by atoms with Crippen molar-refractivity contribution in [3.05, 3.63) is 11.1 Å². The maximum absolute atomic E-state index is 12.3. The topological polar surface area (TPSA) is 107 Å². The molecule has 22 heavy (non-hydrogen) atoms. The van der Waals surface area contributed by atoms with Gasteiger partial charge in [0.25, 0.3) is 0 Å². The number of aromatic nitrogens is 1. The van der Waals surface area contributed by atoms with Gasteiger partial charge in [0.1, 0.15) is 10.9 Å². The van der Waals surface area contributed by atoms with Crippen molar-refractivity contribution in [3.8, 4) is 6.07 Å². The third kappa shape index (κ3) is 1.73. The minimum absolute atomic E-state index is 0.00217. The van der Waals surface area contributed by atoms with Gasteiger partial charge in [-0.15, -0.1) is 0 Å². The van der Waals surface area contributed by atoms with E-state index in [0.717, 1.165) is 30.6 Å². The summed E-state index contributed by atoms with van der Waals surface area (Å²) in [5.41, 5.74) is -1.16. The van der Waals surface area contributed by atoms with Gasteiger partial charge in [0, 0.05) is 12.8 Å². The van der Waals surface area contributed by atoms with Crippen molar-refractivity contribution in [2.75, 3.05) is 11.9 Å². The smallest absolute Gasteiger partial charge is 0.321 e. The van der Waals surface area contributed by atoms with Crippen LogP contribution in [0.4, 0.5) is 9.93 Å². The molecule has 3 N–H and O–H groups in total. The van der Waals surface area contributed by atoms with E-state index < -0.39 is 5.60 Å². The minimum atomic E-state index is -0.469. The first kappa shape index (κ1) is 13.9. The largest absolute Gasteiger partial charge is 0.393 e. The van der Waals surface area contributed by atoms with Gasteiger partial charge in [0.05, 0.1) is 29.5 Å². The van der Waals surface area contributed by atoms with Crippen LogP contribution in [0.15, 0.2) is 6.20 Å². The van der Waals surface area contributed by atoms with E-state index in [0.29, 0.717) is 22.9 Å². The van der Waals surface area contributed by atoms with E-state index in [1.54, 1.807) is 0 Å². The van der Waals surface area contributed by atoms with Crippen LogP contribution in [0.5, 0.6) is 0 Å². The van der Waals surface area contributed by atoms with Crippen LogP contribution in [-0.4, -0.2) is 39.5 Å². The van der Waals surface area contributed by atoms with E-state index in [1.807, 2.05) is 6.07 Å². The third-order valence-corrected chi connectivity index (χ3v) is 5.99. The Bertz CT molecular complexity index is 670. The lowest BCUT2D eigenvalue weighted by Crippen LogP contribution is -2.68. The Kier molecular flexibility index (Phi) is 2.79. The molecule has 3 heterocycles. The predicted octanol–water partition coefficient (Wildman–Crippen LogP) is 1.35. The van der Waals surface area contributed by atoms with Crippen molar-refractivity contribution in [1.29, 1.82) is 5.26 Å². The normalized spacial score (nSPS) is 33.6. The number of nitriles is 1. The van der Waals surface area contributed by atoms with Crippen LogP contribution in [0.2, 0.25) is 0 Å². The molecule has 2 aliphatic heterocycles. The second-order valence-corrected chi connectivity index (χ2v) is 7.48. The molecule has 0 unspecified atom stereocenters. The number of amides is 2. The third-order valence-electron chi connectivity index (χ3n) is 5.17. The first-order valence-electron chi connectivity index (χ1n) is 7.31. The Labute approximate surface area is 131 Å². The number of thiazole rings is 1. The fraction of sp³-hybridized carbons (Fsp3) is 0.643. The molecule has 4 aliphatic rings. The Hall–Kier alpha value is -1.69. The van der Waals surface area contributed by atoms with Crippen molar-refractivity contribution >= 4 is 22.5 Å².